The number of hydrogen-bond acceptors (Lipinski definition) is 1. The molecule has 0 saturated carbocycles. The molecule has 242 valence electrons. The molecule has 1 aromatic heterocycles. The summed E-state index contributed by atoms with van der Waals surface area (Å²) >= 11 is 0. The molecule has 1 heterocycles. The van der Waals surface area contributed by atoms with E-state index in [9.17, 15) is 0 Å². The molecule has 0 atom stereocenters. The third-order valence-corrected chi connectivity index (χ3v) is 11.0. The van der Waals surface area contributed by atoms with Crippen LogP contribution >= 0.6 is 0 Å². The van der Waals surface area contributed by atoms with E-state index in [1.54, 1.807) is 0 Å². The third kappa shape index (κ3) is 3.94. The molecule has 0 saturated heterocycles. The fraction of sp³-hybridized carbons (Fsp3) is 0.0196. The predicted molar refractivity (Wildman–Crippen MR) is 217 cm³/mol. The van der Waals surface area contributed by atoms with Crippen LogP contribution in [-0.4, -0.2) is 0 Å². The Morgan fingerprint density at radius 3 is 1.52 bits per heavy atom. The summed E-state index contributed by atoms with van der Waals surface area (Å²) < 4.78 is 49.7. The van der Waals surface area contributed by atoms with Crippen molar-refractivity contribution >= 4 is 43.5 Å². The van der Waals surface area contributed by atoms with Crippen molar-refractivity contribution in [2.24, 2.45) is 0 Å². The molecular weight excluding hydrogens is 629 g/mol. The van der Waals surface area contributed by atoms with Gasteiger partial charge in [0.25, 0.3) is 0 Å². The van der Waals surface area contributed by atoms with Crippen LogP contribution in [0.4, 0.5) is 0 Å². The van der Waals surface area contributed by atoms with Gasteiger partial charge in [-0.2, -0.15) is 0 Å². The van der Waals surface area contributed by atoms with E-state index in [1.807, 2.05) is 36.4 Å². The van der Waals surface area contributed by atoms with Gasteiger partial charge in [-0.15, -0.1) is 0 Å². The quantitative estimate of drug-likeness (QED) is 0.167. The zero-order valence-corrected chi connectivity index (χ0v) is 28.0. The first kappa shape index (κ1) is 24.4. The van der Waals surface area contributed by atoms with Gasteiger partial charge >= 0.3 is 0 Å². The second-order valence-corrected chi connectivity index (χ2v) is 13.5. The highest BCUT2D eigenvalue weighted by Gasteiger charge is 2.46. The molecule has 1 heteroatoms. The van der Waals surface area contributed by atoms with Crippen LogP contribution < -0.4 is 0 Å². The molecular formula is C51H32O. The van der Waals surface area contributed by atoms with Gasteiger partial charge in [-0.3, -0.25) is 0 Å². The van der Waals surface area contributed by atoms with Gasteiger partial charge in [-0.05, 0) is 77.7 Å². The number of benzene rings is 9. The van der Waals surface area contributed by atoms with Crippen molar-refractivity contribution in [1.82, 2.24) is 0 Å². The average molecular weight is 666 g/mol. The number of hydrogen-bond donors (Lipinski definition) is 0. The fourth-order valence-corrected chi connectivity index (χ4v) is 8.98. The zero-order valence-electron chi connectivity index (χ0n) is 33.0. The maximum Gasteiger partial charge on any atom is 0.143 e. The Bertz CT molecular complexity index is 3150. The minimum atomic E-state index is -0.493. The normalized spacial score (nSPS) is 14.5. The van der Waals surface area contributed by atoms with Crippen molar-refractivity contribution in [3.05, 3.63) is 216 Å². The van der Waals surface area contributed by atoms with E-state index in [4.69, 9.17) is 11.3 Å². The van der Waals surface area contributed by atoms with Crippen molar-refractivity contribution in [2.75, 3.05) is 0 Å². The van der Waals surface area contributed by atoms with Crippen LogP contribution in [0.1, 0.15) is 29.1 Å². The molecule has 0 bridgehead atoms. The van der Waals surface area contributed by atoms with E-state index < -0.39 is 11.5 Å². The first-order valence-corrected chi connectivity index (χ1v) is 17.6. The second kappa shape index (κ2) is 11.2. The summed E-state index contributed by atoms with van der Waals surface area (Å²) in [6.45, 7) is 0. The number of furan rings is 1. The lowest BCUT2D eigenvalue weighted by atomic mass is 9.67. The average Bonchev–Trinajstić information content (AvgIpc) is 3.81. The molecule has 0 unspecified atom stereocenters. The molecule has 0 amide bonds. The largest absolute Gasteiger partial charge is 0.455 e. The van der Waals surface area contributed by atoms with E-state index >= 15 is 0 Å². The molecule has 0 N–H and O–H groups in total. The highest BCUT2D eigenvalue weighted by molar-refractivity contribution is 6.22. The lowest BCUT2D eigenvalue weighted by Gasteiger charge is -2.34. The van der Waals surface area contributed by atoms with Gasteiger partial charge < -0.3 is 4.42 Å². The second-order valence-electron chi connectivity index (χ2n) is 13.5. The van der Waals surface area contributed by atoms with Gasteiger partial charge in [0.15, 0.2) is 0 Å². The lowest BCUT2D eigenvalue weighted by molar-refractivity contribution is 0.664. The zero-order chi connectivity index (χ0) is 38.6. The SMILES string of the molecule is [2H]c1c([2H])c([2H])c(-c2c3ccccc3c(-c3ccc(-c4ccc5c6c4oc4cccc(c46)C5(c4ccccc4)c4ccccc4)cc3)c3ccccc23)c([2H])c1[2H]. The molecule has 1 nitrogen and oxygen atoms in total. The molecule has 52 heavy (non-hydrogen) atoms. The molecule has 0 spiro atoms. The van der Waals surface area contributed by atoms with E-state index in [1.165, 1.54) is 22.3 Å². The summed E-state index contributed by atoms with van der Waals surface area (Å²) in [5.41, 5.74) is 11.1. The van der Waals surface area contributed by atoms with Gasteiger partial charge in [0, 0.05) is 16.3 Å². The third-order valence-electron chi connectivity index (χ3n) is 11.0. The molecule has 10 aromatic rings. The monoisotopic (exact) mass is 665 g/mol. The molecule has 0 fully saturated rings. The molecule has 0 radical (unpaired) electrons. The Labute approximate surface area is 309 Å². The fourth-order valence-electron chi connectivity index (χ4n) is 8.98. The van der Waals surface area contributed by atoms with Crippen molar-refractivity contribution in [3.63, 3.8) is 0 Å². The van der Waals surface area contributed by atoms with Crippen LogP contribution in [0.3, 0.4) is 0 Å². The molecule has 1 aliphatic rings. The van der Waals surface area contributed by atoms with Crippen molar-refractivity contribution in [3.8, 4) is 33.4 Å². The minimum absolute atomic E-state index is 0.206. The van der Waals surface area contributed by atoms with Crippen molar-refractivity contribution < 1.29 is 11.3 Å². The van der Waals surface area contributed by atoms with E-state index in [2.05, 4.69) is 127 Å². The van der Waals surface area contributed by atoms with Crippen LogP contribution in [0.25, 0.3) is 76.9 Å². The first-order chi connectivity index (χ1) is 27.9. The van der Waals surface area contributed by atoms with Crippen LogP contribution in [-0.2, 0) is 5.41 Å². The topological polar surface area (TPSA) is 13.1 Å². The van der Waals surface area contributed by atoms with Crippen LogP contribution in [0.2, 0.25) is 0 Å². The number of rotatable bonds is 5. The highest BCUT2D eigenvalue weighted by Crippen LogP contribution is 2.58. The van der Waals surface area contributed by atoms with Crippen molar-refractivity contribution in [1.29, 1.82) is 0 Å². The summed E-state index contributed by atoms with van der Waals surface area (Å²) in [4.78, 5) is 0. The Morgan fingerprint density at radius 2 is 0.923 bits per heavy atom. The van der Waals surface area contributed by atoms with Crippen molar-refractivity contribution in [2.45, 2.75) is 5.41 Å². The summed E-state index contributed by atoms with van der Waals surface area (Å²) in [5, 5.41) is 5.82. The molecule has 11 rings (SSSR count). The van der Waals surface area contributed by atoms with Gasteiger partial charge in [0.05, 0.1) is 12.3 Å². The van der Waals surface area contributed by atoms with Gasteiger partial charge in [0.2, 0.25) is 0 Å². The number of fused-ring (bicyclic) bond motifs is 2. The van der Waals surface area contributed by atoms with Gasteiger partial charge in [0.1, 0.15) is 11.2 Å². The minimum Gasteiger partial charge on any atom is -0.455 e. The van der Waals surface area contributed by atoms with E-state index in [0.29, 0.717) is 5.56 Å². The molecule has 0 aliphatic heterocycles. The maximum atomic E-state index is 8.88. The highest BCUT2D eigenvalue weighted by atomic mass is 16.3. The standard InChI is InChI=1S/C51H32O/c1-4-15-34(16-5-1)46-39-21-10-12-23-41(39)47(42-24-13-11-22-40(42)46)35-29-27-33(28-30-35)38-31-32-44-49-48-43(25-14-26-45(48)52-50(38)49)51(44,36-17-6-2-7-18-36)37-19-8-3-9-20-37/h1-32H/i1D,4D,5D,15D,16D. The Hall–Kier alpha value is -6.70. The van der Waals surface area contributed by atoms with Gasteiger partial charge in [-0.1, -0.05) is 188 Å². The van der Waals surface area contributed by atoms with E-state index in [0.717, 1.165) is 65.7 Å². The van der Waals surface area contributed by atoms with E-state index in [-0.39, 0.29) is 29.7 Å². The maximum absolute atomic E-state index is 8.88. The lowest BCUT2D eigenvalue weighted by Crippen LogP contribution is -2.28. The first-order valence-electron chi connectivity index (χ1n) is 20.1. The molecule has 9 aromatic carbocycles. The summed E-state index contributed by atoms with van der Waals surface area (Å²) in [5.74, 6) is 0. The molecule has 1 aliphatic carbocycles. The Kier molecular flexibility index (Phi) is 5.24. The predicted octanol–water partition coefficient (Wildman–Crippen LogP) is 13.6. The van der Waals surface area contributed by atoms with Crippen LogP contribution in [0.5, 0.6) is 0 Å². The van der Waals surface area contributed by atoms with Crippen LogP contribution in [0, 0.1) is 0 Å². The Morgan fingerprint density at radius 1 is 0.404 bits per heavy atom. The summed E-state index contributed by atoms with van der Waals surface area (Å²) in [6.07, 6.45) is 0. The summed E-state index contributed by atoms with van der Waals surface area (Å²) in [6, 6.07) is 55.5. The van der Waals surface area contributed by atoms with Gasteiger partial charge in [-0.25, -0.2) is 0 Å². The van der Waals surface area contributed by atoms with Crippen LogP contribution in [0.15, 0.2) is 198 Å². The Balaban J connectivity index is 1.11. The summed E-state index contributed by atoms with van der Waals surface area (Å²) in [7, 11) is 0. The smallest absolute Gasteiger partial charge is 0.143 e.